The molecule has 48 heteroatoms. The number of nitrogens with one attached hydrogen (secondary N) is 18. The van der Waals surface area contributed by atoms with Crippen molar-refractivity contribution in [1.29, 1.82) is 10.8 Å². The van der Waals surface area contributed by atoms with E-state index in [1.807, 2.05) is 0 Å². The zero-order valence-corrected chi connectivity index (χ0v) is 72.9. The number of amides is 17. The quantitative estimate of drug-likeness (QED) is 0.0164. The van der Waals surface area contributed by atoms with E-state index in [4.69, 9.17) is 28.0 Å². The molecule has 0 aromatic heterocycles. The molecule has 0 aliphatic carbocycles. The highest BCUT2D eigenvalue weighted by Gasteiger charge is 2.46. The molecule has 127 heavy (non-hydrogen) atoms. The molecule has 3 aliphatic heterocycles. The average molecular weight is 1800 g/mol. The van der Waals surface area contributed by atoms with Crippen molar-refractivity contribution in [3.8, 4) is 0 Å². The molecule has 1 aromatic rings. The Bertz CT molecular complexity index is 4050. The summed E-state index contributed by atoms with van der Waals surface area (Å²) in [5.74, 6) is -19.4. The van der Waals surface area contributed by atoms with E-state index >= 15 is 0 Å². The van der Waals surface area contributed by atoms with E-state index < -0.39 is 260 Å². The Balaban J connectivity index is 1.37. The van der Waals surface area contributed by atoms with Crippen LogP contribution < -0.4 is 102 Å². The Kier molecular flexibility index (Phi) is 44.7. The number of aliphatic hydroxyl groups is 3. The van der Waals surface area contributed by atoms with Crippen LogP contribution in [0.4, 0.5) is 0 Å². The van der Waals surface area contributed by atoms with Crippen molar-refractivity contribution < 1.29 is 117 Å². The van der Waals surface area contributed by atoms with Crippen molar-refractivity contribution in [2.45, 2.75) is 261 Å². The minimum absolute atomic E-state index is 0.00432. The first-order valence-electron chi connectivity index (χ1n) is 42.2. The van der Waals surface area contributed by atoms with Crippen molar-refractivity contribution in [3.05, 3.63) is 35.9 Å². The van der Waals surface area contributed by atoms with E-state index in [9.17, 15) is 117 Å². The van der Waals surface area contributed by atoms with Crippen LogP contribution in [-0.2, 0) is 97.5 Å². The van der Waals surface area contributed by atoms with Gasteiger partial charge in [-0.2, -0.15) is 0 Å². The molecule has 708 valence electrons. The predicted octanol–water partition coefficient (Wildman–Crippen LogP) is -9.41. The van der Waals surface area contributed by atoms with Crippen molar-refractivity contribution in [1.82, 2.24) is 99.8 Å². The van der Waals surface area contributed by atoms with E-state index in [0.29, 0.717) is 12.0 Å². The van der Waals surface area contributed by atoms with Gasteiger partial charge in [0.2, 0.25) is 100 Å². The zero-order valence-electron chi connectivity index (χ0n) is 72.9. The van der Waals surface area contributed by atoms with Crippen molar-refractivity contribution in [3.63, 3.8) is 0 Å². The molecule has 3 saturated heterocycles. The molecule has 3 aliphatic rings. The van der Waals surface area contributed by atoms with Crippen LogP contribution in [-0.4, -0.2) is 326 Å². The van der Waals surface area contributed by atoms with Gasteiger partial charge in [-0.3, -0.25) is 97.1 Å². The van der Waals surface area contributed by atoms with Gasteiger partial charge in [0.15, 0.2) is 11.9 Å². The van der Waals surface area contributed by atoms with Gasteiger partial charge >= 0.3 is 11.9 Å². The molecule has 0 saturated carbocycles. The lowest BCUT2D eigenvalue weighted by Gasteiger charge is -2.33. The summed E-state index contributed by atoms with van der Waals surface area (Å²) in [5, 5.41) is 105. The molecule has 48 nitrogen and oxygen atoms in total. The van der Waals surface area contributed by atoms with Gasteiger partial charge in [-0.25, -0.2) is 4.79 Å². The number of nitrogens with zero attached hydrogens (tertiary/aromatic N) is 3. The monoisotopic (exact) mass is 1800 g/mol. The molecular formula is C79H128N24O24. The minimum atomic E-state index is -1.89. The molecule has 0 radical (unpaired) electrons. The Labute approximate surface area is 734 Å². The number of hydrogen-bond acceptors (Lipinski definition) is 25. The highest BCUT2D eigenvalue weighted by Crippen LogP contribution is 2.27. The summed E-state index contributed by atoms with van der Waals surface area (Å²) in [7, 11) is 0. The van der Waals surface area contributed by atoms with Crippen LogP contribution in [0.1, 0.15) is 158 Å². The molecule has 4 rings (SSSR count). The summed E-state index contributed by atoms with van der Waals surface area (Å²) in [4.78, 5) is 261. The fourth-order valence-electron chi connectivity index (χ4n) is 14.2. The number of benzene rings is 1. The molecule has 3 fully saturated rings. The molecule has 29 N–H and O–H groups in total. The second-order valence-corrected chi connectivity index (χ2v) is 32.3. The van der Waals surface area contributed by atoms with E-state index in [1.54, 1.807) is 58.0 Å². The molecule has 17 atom stereocenters. The lowest BCUT2D eigenvalue weighted by Crippen LogP contribution is -2.61. The van der Waals surface area contributed by atoms with Crippen LogP contribution in [0.25, 0.3) is 0 Å². The Morgan fingerprint density at radius 3 is 1.31 bits per heavy atom. The lowest BCUT2D eigenvalue weighted by molar-refractivity contribution is -0.148. The topological polar surface area (TPSA) is 753 Å². The number of likely N-dealkylation sites (tertiary alicyclic amines) is 3. The highest BCUT2D eigenvalue weighted by molar-refractivity contribution is 6.02. The second-order valence-electron chi connectivity index (χ2n) is 32.3. The SMILES string of the molecule is CC(C)C[C@H](NC(=O)CN)C(=O)N[C@@H](CO)C(=O)N[C@@H](C)C(=O)N[C@@H](C)C(=O)N[C@@H](CO)C(=O)N1CCC[C@H]1C(=O)N1CCC[C@H]1C(=O)N[C@@H](CC(C)C)C(=O)N[C@@H](C)C(=O)N[C@@H](CCC(=O)O)C(=O)N[C@H](C(=O)NCC(=O)N[C@@H](C)C(=O)N1CCC[C@H]1C(=O)N[C@@H](CCCNC(=N)N)C(=O)N[C@@H](CCCNC(=N)N)C(=O)N[C@@H](Cc1ccccc1)C(=O)O)[C@@H](C)O. The first-order chi connectivity index (χ1) is 59.8. The molecule has 0 spiro atoms. The van der Waals surface area contributed by atoms with Crippen LogP contribution >= 0.6 is 0 Å². The van der Waals surface area contributed by atoms with E-state index in [-0.39, 0.29) is 128 Å². The summed E-state index contributed by atoms with van der Waals surface area (Å²) >= 11 is 0. The molecule has 0 bridgehead atoms. The summed E-state index contributed by atoms with van der Waals surface area (Å²) in [6.45, 7) is 9.97. The number of aliphatic hydroxyl groups excluding tert-OH is 3. The van der Waals surface area contributed by atoms with E-state index in [0.717, 1.165) is 16.7 Å². The van der Waals surface area contributed by atoms with Crippen LogP contribution in [0, 0.1) is 22.7 Å². The third-order valence-electron chi connectivity index (χ3n) is 20.9. The molecular weight excluding hydrogens is 1670 g/mol. The molecule has 0 unspecified atom stereocenters. The number of rotatable bonds is 52. The largest absolute Gasteiger partial charge is 0.481 e. The average Bonchev–Trinajstić information content (AvgIpc) is 1.66. The number of guanidine groups is 2. The van der Waals surface area contributed by atoms with Crippen molar-refractivity contribution in [2.24, 2.45) is 29.0 Å². The zero-order chi connectivity index (χ0) is 95.2. The Hall–Kier alpha value is -12.5. The van der Waals surface area contributed by atoms with Gasteiger partial charge in [-0.15, -0.1) is 0 Å². The maximum atomic E-state index is 14.5. The van der Waals surface area contributed by atoms with Gasteiger partial charge < -0.3 is 143 Å². The number of carboxylic acids is 2. The van der Waals surface area contributed by atoms with Crippen molar-refractivity contribution >= 4 is 124 Å². The van der Waals surface area contributed by atoms with Crippen LogP contribution in [0.3, 0.4) is 0 Å². The van der Waals surface area contributed by atoms with Gasteiger partial charge in [-0.05, 0) is 135 Å². The molecule has 1 aromatic carbocycles. The standard InChI is InChI=1S/C79H128N24O24/c1-39(2)32-50(92-58(107)35-80)69(118)98-53(37-104)70(119)91-41(5)62(111)89-42(6)64(113)99-54(38-105)75(124)103-31-17-24-57(103)76(125)102-30-16-23-56(102)72(121)96-51(33-40(3)4)68(117)90-43(7)63(112)93-49(25-26-60(109)110)67(116)100-61(45(9)106)73(122)87-36-59(108)88-44(8)74(123)101-29-15-22-55(101)71(120)95-48(21-14-28-86-79(83)84)65(114)94-47(20-13-27-85-78(81)82)66(115)97-52(77(126)127)34-46-18-11-10-12-19-46/h10-12,18-19,39-45,47-57,61,104-106H,13-17,20-38,80H2,1-9H3,(H,87,122)(H,88,108)(H,89,111)(H,90,117)(H,91,119)(H,92,107)(H,93,112)(H,94,114)(H,95,120)(H,96,121)(H,97,115)(H,98,118)(H,99,113)(H,100,116)(H,109,110)(H,126,127)(H4,81,82,85)(H4,83,84,86)/t41-,42-,43-,44-,45+,47-,48-,49-,50-,51-,52-,53-,54-,55-,56-,57-,61-/m0/s1. The maximum Gasteiger partial charge on any atom is 0.326 e. The summed E-state index contributed by atoms with van der Waals surface area (Å²) in [6.07, 6.45) is -1.94. The smallest absolute Gasteiger partial charge is 0.326 e. The summed E-state index contributed by atoms with van der Waals surface area (Å²) < 4.78 is 0. The summed E-state index contributed by atoms with van der Waals surface area (Å²) in [5.41, 5.74) is 16.9. The van der Waals surface area contributed by atoms with Crippen LogP contribution in [0.15, 0.2) is 30.3 Å². The van der Waals surface area contributed by atoms with Gasteiger partial charge in [0.1, 0.15) is 96.7 Å². The Morgan fingerprint density at radius 2 is 0.827 bits per heavy atom. The molecule has 17 amide bonds. The highest BCUT2D eigenvalue weighted by atomic mass is 16.4. The van der Waals surface area contributed by atoms with Gasteiger partial charge in [0, 0.05) is 45.6 Å². The fourth-order valence-corrected chi connectivity index (χ4v) is 14.2. The number of carbonyl (C=O) groups excluding carboxylic acids is 17. The number of carbonyl (C=O) groups is 19. The third-order valence-corrected chi connectivity index (χ3v) is 20.9. The number of nitrogens with two attached hydrogens (primary N) is 3. The predicted molar refractivity (Wildman–Crippen MR) is 452 cm³/mol. The normalized spacial score (nSPS) is 18.0. The van der Waals surface area contributed by atoms with Gasteiger partial charge in [0.25, 0.3) is 0 Å². The van der Waals surface area contributed by atoms with Crippen LogP contribution in [0.2, 0.25) is 0 Å². The maximum absolute atomic E-state index is 14.5. The van der Waals surface area contributed by atoms with E-state index in [2.05, 4.69) is 85.1 Å². The number of carboxylic acid groups (broad SMARTS) is 2. The Morgan fingerprint density at radius 1 is 0.425 bits per heavy atom. The van der Waals surface area contributed by atoms with Crippen molar-refractivity contribution in [2.75, 3.05) is 59.0 Å². The second kappa shape index (κ2) is 53.1. The minimum Gasteiger partial charge on any atom is -0.481 e. The third kappa shape index (κ3) is 35.5. The van der Waals surface area contributed by atoms with Gasteiger partial charge in [-0.1, -0.05) is 58.0 Å². The summed E-state index contributed by atoms with van der Waals surface area (Å²) in [6, 6.07) is -14.5. The fraction of sp³-hybridized carbons (Fsp3) is 0.658. The number of aliphatic carboxylic acids is 2. The van der Waals surface area contributed by atoms with Gasteiger partial charge in [0.05, 0.1) is 32.4 Å². The van der Waals surface area contributed by atoms with E-state index in [1.165, 1.54) is 32.6 Å². The first-order valence-corrected chi connectivity index (χ1v) is 42.2. The number of hydrogen-bond donors (Lipinski definition) is 26. The van der Waals surface area contributed by atoms with Crippen LogP contribution in [0.5, 0.6) is 0 Å². The molecule has 3 heterocycles. The first kappa shape index (κ1) is 107. The lowest BCUT2D eigenvalue weighted by atomic mass is 10.0.